The van der Waals surface area contributed by atoms with Gasteiger partial charge < -0.3 is 4.74 Å². The largest absolute Gasteiger partial charge is 0.458 e. The number of ether oxygens (including phenoxy) is 1. The summed E-state index contributed by atoms with van der Waals surface area (Å²) in [5.74, 6) is -0.537. The van der Waals surface area contributed by atoms with Crippen LogP contribution in [0, 0.1) is 6.08 Å². The fraction of sp³-hybridized carbons (Fsp3) is 0.167. The van der Waals surface area contributed by atoms with Crippen molar-refractivity contribution in [3.8, 4) is 0 Å². The van der Waals surface area contributed by atoms with Crippen LogP contribution in [-0.2, 0) is 9.53 Å². The maximum absolute atomic E-state index is 10.1. The zero-order valence-electron chi connectivity index (χ0n) is 4.52. The lowest BCUT2D eigenvalue weighted by Crippen LogP contribution is -1.99. The minimum atomic E-state index is -0.537. The highest BCUT2D eigenvalue weighted by Crippen LogP contribution is 1.76. The van der Waals surface area contributed by atoms with Crippen LogP contribution < -0.4 is 0 Å². The third-order valence-electron chi connectivity index (χ3n) is 0.477. The van der Waals surface area contributed by atoms with Crippen molar-refractivity contribution in [3.63, 3.8) is 0 Å². The van der Waals surface area contributed by atoms with E-state index in [0.717, 1.165) is 0 Å². The Morgan fingerprint density at radius 1 is 1.88 bits per heavy atom. The molecule has 0 spiro atoms. The zero-order valence-corrected chi connectivity index (χ0v) is 4.52. The first-order valence-electron chi connectivity index (χ1n) is 2.12. The van der Waals surface area contributed by atoms with E-state index in [1.165, 1.54) is 6.08 Å². The number of rotatable bonds is 3. The van der Waals surface area contributed by atoms with Gasteiger partial charge in [-0.15, -0.1) is 0 Å². The normalized spacial score (nSPS) is 7.50. The fourth-order valence-corrected chi connectivity index (χ4v) is 0.186. The van der Waals surface area contributed by atoms with Crippen LogP contribution in [0.1, 0.15) is 0 Å². The zero-order chi connectivity index (χ0) is 6.41. The minimum Gasteiger partial charge on any atom is -0.458 e. The summed E-state index contributed by atoms with van der Waals surface area (Å²) in [6.45, 7) is 6.64. The molecule has 0 unspecified atom stereocenters. The molecule has 2 heteroatoms. The highest BCUT2D eigenvalue weighted by atomic mass is 16.5. The van der Waals surface area contributed by atoms with E-state index < -0.39 is 5.97 Å². The molecule has 0 aliphatic carbocycles. The van der Waals surface area contributed by atoms with Gasteiger partial charge in [-0.25, -0.2) is 4.79 Å². The Labute approximate surface area is 48.5 Å². The van der Waals surface area contributed by atoms with Crippen molar-refractivity contribution in [1.29, 1.82) is 0 Å². The lowest BCUT2D eigenvalue weighted by molar-refractivity contribution is -0.137. The molecular formula is C6H7O2. The monoisotopic (exact) mass is 111 g/mol. The van der Waals surface area contributed by atoms with Crippen molar-refractivity contribution in [2.45, 2.75) is 0 Å². The van der Waals surface area contributed by atoms with Gasteiger partial charge in [-0.05, 0) is 0 Å². The Kier molecular flexibility index (Phi) is 3.58. The Bertz CT molecular complexity index is 105. The molecule has 2 nitrogen and oxygen atoms in total. The lowest BCUT2D eigenvalue weighted by atomic mass is 10.6. The van der Waals surface area contributed by atoms with Crippen LogP contribution in [0.5, 0.6) is 0 Å². The van der Waals surface area contributed by atoms with E-state index in [2.05, 4.69) is 17.9 Å². The smallest absolute Gasteiger partial charge is 0.338 e. The van der Waals surface area contributed by atoms with Crippen molar-refractivity contribution in [3.05, 3.63) is 25.3 Å². The summed E-state index contributed by atoms with van der Waals surface area (Å²) in [6.07, 6.45) is 3.52. The van der Waals surface area contributed by atoms with Gasteiger partial charge in [-0.2, -0.15) is 0 Å². The Morgan fingerprint density at radius 3 is 2.88 bits per heavy atom. The number of hydrogen-bond acceptors (Lipinski definition) is 2. The van der Waals surface area contributed by atoms with Gasteiger partial charge in [0.2, 0.25) is 0 Å². The van der Waals surface area contributed by atoms with Gasteiger partial charge in [0.15, 0.2) is 0 Å². The summed E-state index contributed by atoms with van der Waals surface area (Å²) in [5, 5.41) is 0. The number of carbonyl (C=O) groups excluding carboxylic acids is 1. The Balaban J connectivity index is 3.24. The number of carbonyl (C=O) groups is 1. The molecule has 0 N–H and O–H groups in total. The Morgan fingerprint density at radius 2 is 2.50 bits per heavy atom. The molecule has 0 saturated carbocycles. The van der Waals surface area contributed by atoms with E-state index in [-0.39, 0.29) is 6.61 Å². The van der Waals surface area contributed by atoms with Crippen LogP contribution in [0.3, 0.4) is 0 Å². The lowest BCUT2D eigenvalue weighted by Gasteiger charge is -1.91. The third kappa shape index (κ3) is 3.15. The predicted octanol–water partition coefficient (Wildman–Crippen LogP) is 0.705. The van der Waals surface area contributed by atoms with Crippen LogP contribution in [0.15, 0.2) is 19.2 Å². The van der Waals surface area contributed by atoms with E-state index in [0.29, 0.717) is 0 Å². The maximum atomic E-state index is 10.1. The standard InChI is InChI=1S/C6H7O2/c1-3-5-8-6(7)4-2/h3H,1-2,5H2. The summed E-state index contributed by atoms with van der Waals surface area (Å²) in [7, 11) is 0. The summed E-state index contributed by atoms with van der Waals surface area (Å²) >= 11 is 0. The van der Waals surface area contributed by atoms with Crippen molar-refractivity contribution in [1.82, 2.24) is 0 Å². The van der Waals surface area contributed by atoms with Crippen molar-refractivity contribution in [2.75, 3.05) is 6.61 Å². The molecule has 0 aromatic heterocycles. The summed E-state index contributed by atoms with van der Waals surface area (Å²) in [4.78, 5) is 10.1. The van der Waals surface area contributed by atoms with Crippen molar-refractivity contribution >= 4 is 5.97 Å². The van der Waals surface area contributed by atoms with Gasteiger partial charge in [-0.3, -0.25) is 0 Å². The molecule has 43 valence electrons. The van der Waals surface area contributed by atoms with Crippen LogP contribution in [0.25, 0.3) is 0 Å². The van der Waals surface area contributed by atoms with Gasteiger partial charge in [-0.1, -0.05) is 19.2 Å². The first-order chi connectivity index (χ1) is 3.81. The molecule has 0 aliphatic heterocycles. The van der Waals surface area contributed by atoms with Crippen LogP contribution in [0.4, 0.5) is 0 Å². The van der Waals surface area contributed by atoms with E-state index in [9.17, 15) is 4.79 Å². The molecule has 0 saturated heterocycles. The van der Waals surface area contributed by atoms with Crippen molar-refractivity contribution < 1.29 is 9.53 Å². The van der Waals surface area contributed by atoms with E-state index >= 15 is 0 Å². The molecule has 0 aromatic carbocycles. The quantitative estimate of drug-likeness (QED) is 0.304. The van der Waals surface area contributed by atoms with Crippen molar-refractivity contribution in [2.24, 2.45) is 0 Å². The highest BCUT2D eigenvalue weighted by molar-refractivity contribution is 5.76. The maximum Gasteiger partial charge on any atom is 0.338 e. The molecule has 0 amide bonds. The minimum absolute atomic E-state index is 0.224. The van der Waals surface area contributed by atoms with E-state index in [1.807, 2.05) is 6.08 Å². The molecule has 8 heavy (non-hydrogen) atoms. The Hall–Kier alpha value is -1.05. The molecule has 0 aliphatic rings. The van der Waals surface area contributed by atoms with E-state index in [1.54, 1.807) is 0 Å². The van der Waals surface area contributed by atoms with Crippen LogP contribution in [0.2, 0.25) is 0 Å². The first-order valence-corrected chi connectivity index (χ1v) is 2.12. The highest BCUT2D eigenvalue weighted by Gasteiger charge is 1.89. The van der Waals surface area contributed by atoms with Gasteiger partial charge >= 0.3 is 5.97 Å². The van der Waals surface area contributed by atoms with E-state index in [4.69, 9.17) is 0 Å². The average molecular weight is 111 g/mol. The molecule has 0 heterocycles. The van der Waals surface area contributed by atoms with Gasteiger partial charge in [0.05, 0.1) is 6.08 Å². The molecule has 1 radical (unpaired) electrons. The molecule has 0 fully saturated rings. The van der Waals surface area contributed by atoms with Gasteiger partial charge in [0.25, 0.3) is 0 Å². The predicted molar refractivity (Wildman–Crippen MR) is 30.0 cm³/mol. The number of hydrogen-bond donors (Lipinski definition) is 0. The fourth-order valence-electron chi connectivity index (χ4n) is 0.186. The third-order valence-corrected chi connectivity index (χ3v) is 0.477. The second kappa shape index (κ2) is 4.12. The van der Waals surface area contributed by atoms with Crippen LogP contribution in [-0.4, -0.2) is 12.6 Å². The van der Waals surface area contributed by atoms with Gasteiger partial charge in [0.1, 0.15) is 6.61 Å². The second-order valence-corrected chi connectivity index (χ2v) is 1.06. The molecule has 0 atom stereocenters. The number of esters is 1. The molecule has 0 bridgehead atoms. The summed E-state index contributed by atoms with van der Waals surface area (Å²) in [6, 6.07) is 0. The average Bonchev–Trinajstić information content (AvgIpc) is 1.83. The molecule has 0 aromatic rings. The second-order valence-electron chi connectivity index (χ2n) is 1.06. The molecule has 0 rings (SSSR count). The topological polar surface area (TPSA) is 26.3 Å². The summed E-state index contributed by atoms with van der Waals surface area (Å²) < 4.78 is 4.41. The van der Waals surface area contributed by atoms with Crippen LogP contribution >= 0.6 is 0 Å². The summed E-state index contributed by atoms with van der Waals surface area (Å²) in [5.41, 5.74) is 0. The first kappa shape index (κ1) is 6.95. The SMILES string of the molecule is C=[C]C(=O)OCC=C. The van der Waals surface area contributed by atoms with Gasteiger partial charge in [0, 0.05) is 0 Å². The molecular weight excluding hydrogens is 104 g/mol.